The zero-order chi connectivity index (χ0) is 23.3. The van der Waals surface area contributed by atoms with Crippen LogP contribution >= 0.6 is 11.3 Å². The maximum absolute atomic E-state index is 13.2. The van der Waals surface area contributed by atoms with Crippen LogP contribution in [0.1, 0.15) is 28.7 Å². The first kappa shape index (κ1) is 21.0. The molecule has 3 heterocycles. The van der Waals surface area contributed by atoms with Crippen LogP contribution in [0.4, 0.5) is 5.13 Å². The number of aryl methyl sites for hydroxylation is 2. The van der Waals surface area contributed by atoms with Gasteiger partial charge in [0.15, 0.2) is 5.13 Å². The SMILES string of the molecule is COc1cccc(/C(O)=C2\C(=O)C(=O)N(c3nc4ccc(C)cc4s3)C2c2ccc(C)o2)c1. The van der Waals surface area contributed by atoms with Gasteiger partial charge in [-0.2, -0.15) is 0 Å². The van der Waals surface area contributed by atoms with Crippen molar-refractivity contribution in [1.82, 2.24) is 4.98 Å². The van der Waals surface area contributed by atoms with Crippen LogP contribution < -0.4 is 9.64 Å². The van der Waals surface area contributed by atoms with E-state index in [0.29, 0.717) is 28.0 Å². The number of fused-ring (bicyclic) bond motifs is 1. The standard InChI is InChI=1S/C25H20N2O5S/c1-13-7-9-17-19(11-13)33-25(26-17)27-21(18-10-8-14(2)32-18)20(23(29)24(27)30)22(28)15-5-4-6-16(12-15)31-3/h4-12,21,28H,1-3H3/b22-20+. The van der Waals surface area contributed by atoms with Gasteiger partial charge in [0.05, 0.1) is 22.9 Å². The molecule has 1 N–H and O–H groups in total. The first-order valence-corrected chi connectivity index (χ1v) is 11.1. The molecule has 1 atom stereocenters. The number of Topliss-reactive ketones (excluding diaryl/α,β-unsaturated/α-hetero) is 1. The van der Waals surface area contributed by atoms with E-state index in [1.807, 2.05) is 25.1 Å². The van der Waals surface area contributed by atoms with Gasteiger partial charge in [-0.25, -0.2) is 4.98 Å². The lowest BCUT2D eigenvalue weighted by Gasteiger charge is -2.20. The third kappa shape index (κ3) is 3.48. The molecule has 0 saturated carbocycles. The second-order valence-corrected chi connectivity index (χ2v) is 8.83. The number of aromatic nitrogens is 1. The maximum Gasteiger partial charge on any atom is 0.302 e. The molecule has 1 aliphatic rings. The van der Waals surface area contributed by atoms with Crippen molar-refractivity contribution in [3.63, 3.8) is 0 Å². The van der Waals surface area contributed by atoms with Gasteiger partial charge < -0.3 is 14.3 Å². The summed E-state index contributed by atoms with van der Waals surface area (Å²) in [5.41, 5.74) is 2.10. The molecular weight excluding hydrogens is 440 g/mol. The Labute approximate surface area is 193 Å². The number of benzene rings is 2. The van der Waals surface area contributed by atoms with Gasteiger partial charge in [-0.15, -0.1) is 0 Å². The predicted molar refractivity (Wildman–Crippen MR) is 126 cm³/mol. The average molecular weight is 461 g/mol. The molecule has 2 aromatic carbocycles. The molecule has 8 heteroatoms. The normalized spacial score (nSPS) is 17.8. The minimum atomic E-state index is -0.952. The number of anilines is 1. The number of hydrogen-bond donors (Lipinski definition) is 1. The van der Waals surface area contributed by atoms with Crippen LogP contribution in [0.2, 0.25) is 0 Å². The zero-order valence-corrected chi connectivity index (χ0v) is 19.0. The fraction of sp³-hybridized carbons (Fsp3) is 0.160. The average Bonchev–Trinajstić information content (AvgIpc) is 3.49. The van der Waals surface area contributed by atoms with Crippen LogP contribution in [0.25, 0.3) is 16.0 Å². The van der Waals surface area contributed by atoms with E-state index in [0.717, 1.165) is 15.8 Å². The Hall–Kier alpha value is -3.91. The number of amides is 1. The summed E-state index contributed by atoms with van der Waals surface area (Å²) >= 11 is 1.31. The van der Waals surface area contributed by atoms with Gasteiger partial charge >= 0.3 is 5.91 Å². The second-order valence-electron chi connectivity index (χ2n) is 7.82. The fourth-order valence-electron chi connectivity index (χ4n) is 3.95. The highest BCUT2D eigenvalue weighted by Gasteiger charge is 2.49. The van der Waals surface area contributed by atoms with Gasteiger partial charge in [-0.05, 0) is 55.8 Å². The number of carbonyl (C=O) groups excluding carboxylic acids is 2. The van der Waals surface area contributed by atoms with Gasteiger partial charge in [0.2, 0.25) is 0 Å². The maximum atomic E-state index is 13.2. The lowest BCUT2D eigenvalue weighted by Crippen LogP contribution is -2.29. The monoisotopic (exact) mass is 460 g/mol. The topological polar surface area (TPSA) is 92.9 Å². The highest BCUT2D eigenvalue weighted by atomic mass is 32.1. The van der Waals surface area contributed by atoms with E-state index in [4.69, 9.17) is 9.15 Å². The summed E-state index contributed by atoms with van der Waals surface area (Å²) in [7, 11) is 1.51. The van der Waals surface area contributed by atoms with Crippen molar-refractivity contribution in [3.05, 3.63) is 82.8 Å². The summed E-state index contributed by atoms with van der Waals surface area (Å²) < 4.78 is 12.0. The summed E-state index contributed by atoms with van der Waals surface area (Å²) in [6.45, 7) is 3.75. The number of aliphatic hydroxyl groups is 1. The van der Waals surface area contributed by atoms with Gasteiger partial charge in [-0.3, -0.25) is 14.5 Å². The van der Waals surface area contributed by atoms with Gasteiger partial charge in [-0.1, -0.05) is 29.5 Å². The molecule has 1 amide bonds. The minimum absolute atomic E-state index is 0.0574. The third-order valence-corrected chi connectivity index (χ3v) is 6.57. The molecule has 0 spiro atoms. The van der Waals surface area contributed by atoms with Crippen molar-refractivity contribution in [2.45, 2.75) is 19.9 Å². The first-order valence-electron chi connectivity index (χ1n) is 10.3. The fourth-order valence-corrected chi connectivity index (χ4v) is 5.04. The highest BCUT2D eigenvalue weighted by Crippen LogP contribution is 2.44. The van der Waals surface area contributed by atoms with Gasteiger partial charge in [0.1, 0.15) is 29.1 Å². The number of nitrogens with zero attached hydrogens (tertiary/aromatic N) is 2. The van der Waals surface area contributed by atoms with Crippen LogP contribution in [0.15, 0.2) is 64.6 Å². The Morgan fingerprint density at radius 2 is 1.94 bits per heavy atom. The molecule has 0 bridgehead atoms. The molecule has 7 nitrogen and oxygen atoms in total. The Bertz CT molecular complexity index is 1450. The van der Waals surface area contributed by atoms with Crippen LogP contribution in [-0.2, 0) is 9.59 Å². The van der Waals surface area contributed by atoms with Gasteiger partial charge in [0.25, 0.3) is 5.78 Å². The molecule has 5 rings (SSSR count). The zero-order valence-electron chi connectivity index (χ0n) is 18.2. The number of furan rings is 1. The van der Waals surface area contributed by atoms with Crippen LogP contribution in [-0.4, -0.2) is 28.9 Å². The Morgan fingerprint density at radius 3 is 2.67 bits per heavy atom. The molecule has 2 aromatic heterocycles. The molecular formula is C25H20N2O5S. The van der Waals surface area contributed by atoms with E-state index in [2.05, 4.69) is 4.98 Å². The molecule has 0 aliphatic carbocycles. The van der Waals surface area contributed by atoms with E-state index in [1.165, 1.54) is 23.3 Å². The number of ketones is 1. The summed E-state index contributed by atoms with van der Waals surface area (Å²) in [4.78, 5) is 32.4. The van der Waals surface area contributed by atoms with Crippen LogP contribution in [0.5, 0.6) is 5.75 Å². The minimum Gasteiger partial charge on any atom is -0.507 e. The van der Waals surface area contributed by atoms with Crippen molar-refractivity contribution in [2.75, 3.05) is 12.0 Å². The largest absolute Gasteiger partial charge is 0.507 e. The Morgan fingerprint density at radius 1 is 1.12 bits per heavy atom. The molecule has 1 aliphatic heterocycles. The number of rotatable bonds is 4. The van der Waals surface area contributed by atoms with E-state index in [-0.39, 0.29) is 11.3 Å². The third-order valence-electron chi connectivity index (χ3n) is 5.56. The predicted octanol–water partition coefficient (Wildman–Crippen LogP) is 5.14. The quantitative estimate of drug-likeness (QED) is 0.257. The number of methoxy groups -OCH3 is 1. The number of thiazole rings is 1. The highest BCUT2D eigenvalue weighted by molar-refractivity contribution is 7.22. The summed E-state index contributed by atoms with van der Waals surface area (Å²) in [6, 6.07) is 15.0. The van der Waals surface area contributed by atoms with Crippen molar-refractivity contribution >= 4 is 44.1 Å². The number of carbonyl (C=O) groups is 2. The van der Waals surface area contributed by atoms with Crippen molar-refractivity contribution in [1.29, 1.82) is 0 Å². The number of ether oxygens (including phenoxy) is 1. The molecule has 33 heavy (non-hydrogen) atoms. The number of aliphatic hydroxyl groups excluding tert-OH is 1. The molecule has 0 radical (unpaired) electrons. The Balaban J connectivity index is 1.72. The van der Waals surface area contributed by atoms with Crippen molar-refractivity contribution in [3.8, 4) is 5.75 Å². The van der Waals surface area contributed by atoms with Crippen molar-refractivity contribution < 1.29 is 23.8 Å². The van der Waals surface area contributed by atoms with Crippen LogP contribution in [0.3, 0.4) is 0 Å². The van der Waals surface area contributed by atoms with Crippen molar-refractivity contribution in [2.24, 2.45) is 0 Å². The second kappa shape index (κ2) is 7.90. The first-order chi connectivity index (χ1) is 15.9. The van der Waals surface area contributed by atoms with E-state index >= 15 is 0 Å². The molecule has 4 aromatic rings. The van der Waals surface area contributed by atoms with Crippen LogP contribution in [0, 0.1) is 13.8 Å². The Kier molecular flexibility index (Phi) is 5.02. The smallest absolute Gasteiger partial charge is 0.302 e. The lowest BCUT2D eigenvalue weighted by atomic mass is 9.99. The molecule has 1 fully saturated rings. The number of hydrogen-bond acceptors (Lipinski definition) is 7. The molecule has 1 unspecified atom stereocenters. The summed E-state index contributed by atoms with van der Waals surface area (Å²) in [6.07, 6.45) is 0. The summed E-state index contributed by atoms with van der Waals surface area (Å²) in [5, 5.41) is 11.5. The van der Waals surface area contributed by atoms with Gasteiger partial charge in [0, 0.05) is 5.56 Å². The van der Waals surface area contributed by atoms with E-state index < -0.39 is 17.7 Å². The van der Waals surface area contributed by atoms with E-state index in [9.17, 15) is 14.7 Å². The molecule has 166 valence electrons. The lowest BCUT2D eigenvalue weighted by molar-refractivity contribution is -0.132. The van der Waals surface area contributed by atoms with E-state index in [1.54, 1.807) is 43.3 Å². The molecule has 1 saturated heterocycles. The summed E-state index contributed by atoms with van der Waals surface area (Å²) in [5.74, 6) is -0.367.